The molecule has 3 rings (SSSR count). The van der Waals surface area contributed by atoms with Gasteiger partial charge in [-0.15, -0.1) is 0 Å². The first-order valence-corrected chi connectivity index (χ1v) is 10.9. The van der Waals surface area contributed by atoms with Crippen LogP contribution in [0, 0.1) is 11.8 Å². The zero-order chi connectivity index (χ0) is 22.2. The molecule has 1 aliphatic rings. The summed E-state index contributed by atoms with van der Waals surface area (Å²) in [7, 11) is 1.31. The van der Waals surface area contributed by atoms with E-state index in [1.54, 1.807) is 18.3 Å². The molecule has 1 fully saturated rings. The first kappa shape index (κ1) is 22.8. The molecular weight excluding hydrogens is 398 g/mol. The van der Waals surface area contributed by atoms with Crippen molar-refractivity contribution in [1.82, 2.24) is 14.9 Å². The quantitative estimate of drug-likeness (QED) is 0.605. The van der Waals surface area contributed by atoms with Gasteiger partial charge in [-0.05, 0) is 31.4 Å². The number of ether oxygens (including phenoxy) is 1. The van der Waals surface area contributed by atoms with Gasteiger partial charge in [0.15, 0.2) is 11.5 Å². The molecule has 0 aliphatic heterocycles. The fourth-order valence-electron chi connectivity index (χ4n) is 4.27. The molecule has 8 nitrogen and oxygen atoms in total. The van der Waals surface area contributed by atoms with Crippen LogP contribution in [-0.4, -0.2) is 40.5 Å². The Morgan fingerprint density at radius 2 is 2.06 bits per heavy atom. The van der Waals surface area contributed by atoms with E-state index in [1.807, 2.05) is 6.92 Å². The Morgan fingerprint density at radius 3 is 2.74 bits per heavy atom. The summed E-state index contributed by atoms with van der Waals surface area (Å²) in [6.45, 7) is 1.89. The molecular formula is C23H31N3O5. The summed E-state index contributed by atoms with van der Waals surface area (Å²) >= 11 is 0. The summed E-state index contributed by atoms with van der Waals surface area (Å²) in [6, 6.07) is 3.12. The van der Waals surface area contributed by atoms with Crippen LogP contribution in [0.5, 0.6) is 0 Å². The van der Waals surface area contributed by atoms with Gasteiger partial charge in [0, 0.05) is 31.0 Å². The van der Waals surface area contributed by atoms with Crippen LogP contribution < -0.4 is 5.32 Å². The largest absolute Gasteiger partial charge is 0.461 e. The van der Waals surface area contributed by atoms with E-state index in [1.165, 1.54) is 43.5 Å². The number of furan rings is 1. The van der Waals surface area contributed by atoms with Crippen molar-refractivity contribution in [3.8, 4) is 0 Å². The van der Waals surface area contributed by atoms with Gasteiger partial charge in [-0.2, -0.15) is 0 Å². The number of aromatic nitrogens is 2. The van der Waals surface area contributed by atoms with Gasteiger partial charge in [0.2, 0.25) is 5.91 Å². The highest BCUT2D eigenvalue weighted by Gasteiger charge is 2.28. The van der Waals surface area contributed by atoms with E-state index in [2.05, 4.69) is 15.0 Å². The monoisotopic (exact) mass is 429 g/mol. The second kappa shape index (κ2) is 10.9. The van der Waals surface area contributed by atoms with Crippen molar-refractivity contribution < 1.29 is 23.5 Å². The lowest BCUT2D eigenvalue weighted by Gasteiger charge is -2.26. The average molecular weight is 430 g/mol. The number of nitrogens with zero attached hydrogens (tertiary/aromatic N) is 2. The van der Waals surface area contributed by atoms with Gasteiger partial charge in [-0.1, -0.05) is 32.1 Å². The Labute approximate surface area is 182 Å². The van der Waals surface area contributed by atoms with Crippen LogP contribution in [-0.2, 0) is 16.0 Å². The highest BCUT2D eigenvalue weighted by Crippen LogP contribution is 2.31. The Balaban J connectivity index is 1.61. The summed E-state index contributed by atoms with van der Waals surface area (Å²) in [5, 5.41) is 3.03. The topological polar surface area (TPSA) is 103 Å². The lowest BCUT2D eigenvalue weighted by Crippen LogP contribution is -2.40. The number of hydrogen-bond acceptors (Lipinski definition) is 6. The van der Waals surface area contributed by atoms with Crippen LogP contribution >= 0.6 is 0 Å². The predicted molar refractivity (Wildman–Crippen MR) is 114 cm³/mol. The predicted octanol–water partition coefficient (Wildman–Crippen LogP) is 4.00. The van der Waals surface area contributed by atoms with E-state index in [0.717, 1.165) is 12.8 Å². The summed E-state index contributed by atoms with van der Waals surface area (Å²) in [6.07, 6.45) is 11.1. The number of nitrogens with one attached hydrogen (secondary N) is 1. The number of carbonyl (C=O) groups excluding carboxylic acids is 3. The minimum atomic E-state index is -0.514. The van der Waals surface area contributed by atoms with Gasteiger partial charge in [0.05, 0.1) is 19.1 Å². The van der Waals surface area contributed by atoms with E-state index in [0.29, 0.717) is 30.2 Å². The first-order valence-electron chi connectivity index (χ1n) is 10.9. The van der Waals surface area contributed by atoms with E-state index in [4.69, 9.17) is 4.42 Å². The summed E-state index contributed by atoms with van der Waals surface area (Å²) in [5.41, 5.74) is 0.675. The van der Waals surface area contributed by atoms with E-state index < -0.39 is 12.0 Å². The van der Waals surface area contributed by atoms with Crippen molar-refractivity contribution in [2.75, 3.05) is 7.11 Å². The Hall–Kier alpha value is -2.90. The number of methoxy groups -OCH3 is 1. The van der Waals surface area contributed by atoms with Crippen LogP contribution in [0.15, 0.2) is 35.3 Å². The molecule has 0 bridgehead atoms. The maximum absolute atomic E-state index is 13.1. The Morgan fingerprint density at radius 1 is 1.29 bits per heavy atom. The van der Waals surface area contributed by atoms with Gasteiger partial charge in [0.25, 0.3) is 0 Å². The Bertz CT molecular complexity index is 868. The number of imidazole rings is 1. The lowest BCUT2D eigenvalue weighted by atomic mass is 9.81. The third-order valence-corrected chi connectivity index (χ3v) is 5.87. The van der Waals surface area contributed by atoms with Crippen molar-refractivity contribution in [2.24, 2.45) is 11.8 Å². The second-order valence-corrected chi connectivity index (χ2v) is 8.40. The van der Waals surface area contributed by atoms with Gasteiger partial charge < -0.3 is 14.5 Å². The molecule has 2 atom stereocenters. The normalized spacial score (nSPS) is 16.5. The molecule has 1 N–H and O–H groups in total. The van der Waals surface area contributed by atoms with Gasteiger partial charge >= 0.3 is 6.09 Å². The molecule has 2 heterocycles. The van der Waals surface area contributed by atoms with E-state index in [-0.39, 0.29) is 24.2 Å². The summed E-state index contributed by atoms with van der Waals surface area (Å²) in [4.78, 5) is 41.5. The van der Waals surface area contributed by atoms with Crippen LogP contribution in [0.25, 0.3) is 0 Å². The van der Waals surface area contributed by atoms with Crippen molar-refractivity contribution in [1.29, 1.82) is 0 Å². The molecule has 8 heteroatoms. The van der Waals surface area contributed by atoms with Crippen molar-refractivity contribution in [3.05, 3.63) is 42.4 Å². The number of ketones is 1. The molecule has 2 aromatic rings. The molecule has 168 valence electrons. The highest BCUT2D eigenvalue weighted by atomic mass is 16.5. The minimum Gasteiger partial charge on any atom is -0.461 e. The summed E-state index contributed by atoms with van der Waals surface area (Å²) in [5.74, 6) is 0.106. The third kappa shape index (κ3) is 6.54. The molecule has 1 amide bonds. The molecule has 31 heavy (non-hydrogen) atoms. The molecule has 0 aromatic carbocycles. The maximum atomic E-state index is 13.1. The number of hydrogen-bond donors (Lipinski definition) is 1. The number of rotatable bonds is 9. The molecule has 0 radical (unpaired) electrons. The molecule has 0 unspecified atom stereocenters. The number of carbonyl (C=O) groups is 3. The summed E-state index contributed by atoms with van der Waals surface area (Å²) < 4.78 is 11.2. The molecule has 2 aromatic heterocycles. The van der Waals surface area contributed by atoms with Crippen LogP contribution in [0.4, 0.5) is 4.79 Å². The smallest absolute Gasteiger partial charge is 0.418 e. The SMILES string of the molecule is COC(=O)n1cnc(C[C@@H](C)NC(=O)[C@@H](CC(=O)c2ccco2)CC2CCCCC2)c1. The highest BCUT2D eigenvalue weighted by molar-refractivity contribution is 5.96. The standard InChI is InChI=1S/C23H31N3O5/c1-16(11-19-14-26(15-24-19)23(29)30-2)25-22(28)18(12-17-7-4-3-5-8-17)13-20(27)21-9-6-10-31-21/h6,9-10,14-18H,3-5,7-8,11-13H2,1-2H3,(H,25,28)/t16-,18-/m1/s1. The van der Waals surface area contributed by atoms with Crippen LogP contribution in [0.3, 0.4) is 0 Å². The van der Waals surface area contributed by atoms with Gasteiger partial charge in [-0.3, -0.25) is 9.59 Å². The maximum Gasteiger partial charge on any atom is 0.418 e. The zero-order valence-electron chi connectivity index (χ0n) is 18.2. The molecule has 0 spiro atoms. The molecule has 1 aliphatic carbocycles. The minimum absolute atomic E-state index is 0.120. The lowest BCUT2D eigenvalue weighted by molar-refractivity contribution is -0.126. The molecule has 1 saturated carbocycles. The fourth-order valence-corrected chi connectivity index (χ4v) is 4.27. The third-order valence-electron chi connectivity index (χ3n) is 5.87. The van der Waals surface area contributed by atoms with Gasteiger partial charge in [-0.25, -0.2) is 14.3 Å². The van der Waals surface area contributed by atoms with Crippen LogP contribution in [0.1, 0.15) is 68.1 Å². The average Bonchev–Trinajstić information content (AvgIpc) is 3.45. The van der Waals surface area contributed by atoms with Crippen molar-refractivity contribution in [3.63, 3.8) is 0 Å². The number of Topliss-reactive ketones (excluding diaryl/α,β-unsaturated/α-hetero) is 1. The fraction of sp³-hybridized carbons (Fsp3) is 0.565. The van der Waals surface area contributed by atoms with E-state index in [9.17, 15) is 14.4 Å². The second-order valence-electron chi connectivity index (χ2n) is 8.40. The van der Waals surface area contributed by atoms with E-state index >= 15 is 0 Å². The van der Waals surface area contributed by atoms with Gasteiger partial charge in [0.1, 0.15) is 6.33 Å². The van der Waals surface area contributed by atoms with Crippen molar-refractivity contribution >= 4 is 17.8 Å². The first-order chi connectivity index (χ1) is 15.0. The molecule has 0 saturated heterocycles. The van der Waals surface area contributed by atoms with Crippen LogP contribution in [0.2, 0.25) is 0 Å². The number of amides is 1. The zero-order valence-corrected chi connectivity index (χ0v) is 18.2. The van der Waals surface area contributed by atoms with Crippen molar-refractivity contribution in [2.45, 2.75) is 64.3 Å². The Kier molecular flexibility index (Phi) is 8.03.